The van der Waals surface area contributed by atoms with E-state index in [4.69, 9.17) is 23.2 Å². The van der Waals surface area contributed by atoms with E-state index in [0.717, 1.165) is 10.0 Å². The summed E-state index contributed by atoms with van der Waals surface area (Å²) in [6.45, 7) is 3.24. The van der Waals surface area contributed by atoms with Crippen LogP contribution in [0.1, 0.15) is 19.4 Å². The second-order valence-electron chi connectivity index (χ2n) is 10.3. The van der Waals surface area contributed by atoms with Crippen molar-refractivity contribution < 1.29 is 22.8 Å². The van der Waals surface area contributed by atoms with Crippen molar-refractivity contribution in [2.24, 2.45) is 0 Å². The summed E-state index contributed by atoms with van der Waals surface area (Å²) in [6, 6.07) is 12.1. The van der Waals surface area contributed by atoms with Gasteiger partial charge in [-0.25, -0.2) is 18.3 Å². The van der Waals surface area contributed by atoms with Crippen molar-refractivity contribution in [2.75, 3.05) is 37.6 Å². The van der Waals surface area contributed by atoms with E-state index < -0.39 is 21.5 Å². The highest BCUT2D eigenvalue weighted by Gasteiger charge is 2.52. The van der Waals surface area contributed by atoms with E-state index in [0.29, 0.717) is 15.7 Å². The molecule has 0 bridgehead atoms. The van der Waals surface area contributed by atoms with E-state index in [1.165, 1.54) is 37.9 Å². The van der Waals surface area contributed by atoms with Crippen LogP contribution in [0.15, 0.2) is 58.2 Å². The first-order chi connectivity index (χ1) is 19.8. The fourth-order valence-corrected chi connectivity index (χ4v) is 7.62. The highest BCUT2D eigenvalue weighted by molar-refractivity contribution is 9.10. The molecule has 0 radical (unpaired) electrons. The first-order valence-electron chi connectivity index (χ1n) is 13.0. The number of rotatable bonds is 7. The number of hydrogen-bond donors (Lipinski definition) is 1. The zero-order chi connectivity index (χ0) is 30.4. The summed E-state index contributed by atoms with van der Waals surface area (Å²) in [5, 5.41) is 2.94. The lowest BCUT2D eigenvalue weighted by Gasteiger charge is -2.34. The molecule has 2 aromatic carbocycles. The molecule has 0 aliphatic carbocycles. The van der Waals surface area contributed by atoms with Crippen molar-refractivity contribution in [3.05, 3.63) is 68.7 Å². The monoisotopic (exact) mass is 696 g/mol. The largest absolute Gasteiger partial charge is 0.347 e. The van der Waals surface area contributed by atoms with E-state index in [9.17, 15) is 22.8 Å². The van der Waals surface area contributed by atoms with Crippen molar-refractivity contribution >= 4 is 78.5 Å². The second-order valence-corrected chi connectivity index (χ2v) is 13.9. The van der Waals surface area contributed by atoms with Crippen molar-refractivity contribution in [2.45, 2.75) is 30.8 Å². The predicted molar refractivity (Wildman–Crippen MR) is 161 cm³/mol. The van der Waals surface area contributed by atoms with E-state index in [-0.39, 0.29) is 61.9 Å². The second kappa shape index (κ2) is 11.6. The summed E-state index contributed by atoms with van der Waals surface area (Å²) < 4.78 is 31.8. The summed E-state index contributed by atoms with van der Waals surface area (Å²) >= 11 is 15.9. The van der Waals surface area contributed by atoms with Gasteiger partial charge in [-0.3, -0.25) is 19.0 Å². The molecular weight excluding hydrogens is 671 g/mol. The third-order valence-corrected chi connectivity index (χ3v) is 10.1. The van der Waals surface area contributed by atoms with E-state index in [1.807, 2.05) is 24.3 Å². The van der Waals surface area contributed by atoms with Crippen molar-refractivity contribution in [3.63, 3.8) is 0 Å². The Balaban J connectivity index is 1.52. The Labute approximate surface area is 261 Å². The van der Waals surface area contributed by atoms with Gasteiger partial charge in [0.15, 0.2) is 5.03 Å². The summed E-state index contributed by atoms with van der Waals surface area (Å²) in [5.41, 5.74) is -0.194. The molecule has 222 valence electrons. The Kier molecular flexibility index (Phi) is 8.42. The van der Waals surface area contributed by atoms with Crippen molar-refractivity contribution in [1.82, 2.24) is 24.1 Å². The van der Waals surface area contributed by atoms with Crippen LogP contribution in [-0.4, -0.2) is 77.6 Å². The third kappa shape index (κ3) is 5.68. The number of halogens is 3. The lowest BCUT2D eigenvalue weighted by molar-refractivity contribution is -0.133. The number of carbonyl (C=O) groups excluding carboxylic acids is 3. The van der Waals surface area contributed by atoms with E-state index >= 15 is 0 Å². The number of benzene rings is 2. The molecule has 3 heterocycles. The third-order valence-electron chi connectivity index (χ3n) is 7.32. The number of aromatic nitrogens is 2. The minimum atomic E-state index is -4.15. The van der Waals surface area contributed by atoms with Crippen LogP contribution in [-0.2, 0) is 36.4 Å². The molecule has 1 N–H and O–H groups in total. The summed E-state index contributed by atoms with van der Waals surface area (Å²) in [4.78, 5) is 45.1. The smallest absolute Gasteiger partial charge is 0.260 e. The number of carbonyl (C=O) groups is 3. The topological polar surface area (TPSA) is 125 Å². The number of imidazole rings is 1. The summed E-state index contributed by atoms with van der Waals surface area (Å²) in [5.74, 6) is -0.887. The molecule has 3 amide bonds. The first-order valence-corrected chi connectivity index (χ1v) is 16.0. The average molecular weight is 698 g/mol. The standard InChI is InChI=1S/C27H27BrCl2N6O5S/c1-17(37)31-15-23(38)33-7-9-34(10-8-33)42(40,41)24-16-32-26-35(22-12-20(29)11-21(30)13-22)25(39)27(2,36(24)26)14-18-3-5-19(28)6-4-18/h3-6,11-13,16H,7-10,14-15H2,1-2H3,(H,31,37). The van der Waals surface area contributed by atoms with E-state index in [1.54, 1.807) is 19.1 Å². The van der Waals surface area contributed by atoms with Crippen LogP contribution in [0.25, 0.3) is 0 Å². The lowest BCUT2D eigenvalue weighted by Crippen LogP contribution is -2.53. The first kappa shape index (κ1) is 30.5. The Morgan fingerprint density at radius 3 is 2.26 bits per heavy atom. The fourth-order valence-electron chi connectivity index (χ4n) is 5.24. The van der Waals surface area contributed by atoms with Crippen LogP contribution in [0.3, 0.4) is 0 Å². The van der Waals surface area contributed by atoms with Gasteiger partial charge in [0.1, 0.15) is 5.54 Å². The van der Waals surface area contributed by atoms with Gasteiger partial charge in [-0.1, -0.05) is 51.3 Å². The molecule has 1 saturated heterocycles. The van der Waals surface area contributed by atoms with Gasteiger partial charge >= 0.3 is 0 Å². The number of nitrogens with one attached hydrogen (secondary N) is 1. The highest BCUT2D eigenvalue weighted by Crippen LogP contribution is 2.45. The van der Waals surface area contributed by atoms with Gasteiger partial charge in [-0.05, 0) is 42.8 Å². The molecular formula is C27H27BrCl2N6O5S. The van der Waals surface area contributed by atoms with Crippen LogP contribution < -0.4 is 10.2 Å². The van der Waals surface area contributed by atoms with Crippen LogP contribution >= 0.6 is 39.1 Å². The van der Waals surface area contributed by atoms with Crippen LogP contribution in [0.4, 0.5) is 11.6 Å². The summed E-state index contributed by atoms with van der Waals surface area (Å²) in [6.07, 6.45) is 1.44. The number of sulfonamides is 1. The molecule has 11 nitrogen and oxygen atoms in total. The quantitative estimate of drug-likeness (QED) is 0.403. The van der Waals surface area contributed by atoms with Crippen LogP contribution in [0.5, 0.6) is 0 Å². The number of amides is 3. The number of piperazine rings is 1. The Bertz CT molecular complexity index is 1650. The molecule has 0 spiro atoms. The lowest BCUT2D eigenvalue weighted by atomic mass is 9.92. The number of nitrogens with zero attached hydrogens (tertiary/aromatic N) is 5. The molecule has 1 unspecified atom stereocenters. The minimum Gasteiger partial charge on any atom is -0.347 e. The van der Waals surface area contributed by atoms with Gasteiger partial charge in [0.05, 0.1) is 18.4 Å². The molecule has 3 aromatic rings. The van der Waals surface area contributed by atoms with Crippen LogP contribution in [0.2, 0.25) is 10.0 Å². The van der Waals surface area contributed by atoms with E-state index in [2.05, 4.69) is 26.2 Å². The molecule has 1 atom stereocenters. The molecule has 15 heteroatoms. The van der Waals surface area contributed by atoms with Gasteiger partial charge in [-0.2, -0.15) is 4.31 Å². The molecule has 0 saturated carbocycles. The zero-order valence-corrected chi connectivity index (χ0v) is 26.6. The maximum absolute atomic E-state index is 14.2. The zero-order valence-electron chi connectivity index (χ0n) is 22.7. The maximum atomic E-state index is 14.2. The van der Waals surface area contributed by atoms with Gasteiger partial charge in [0.25, 0.3) is 15.9 Å². The molecule has 42 heavy (non-hydrogen) atoms. The Morgan fingerprint density at radius 2 is 1.67 bits per heavy atom. The van der Waals surface area contributed by atoms with Crippen molar-refractivity contribution in [1.29, 1.82) is 0 Å². The normalized spacial score (nSPS) is 19.2. The molecule has 2 aliphatic heterocycles. The Morgan fingerprint density at radius 1 is 1.05 bits per heavy atom. The fraction of sp³-hybridized carbons (Fsp3) is 0.333. The Hall–Kier alpha value is -2.97. The molecule has 2 aliphatic rings. The maximum Gasteiger partial charge on any atom is 0.260 e. The van der Waals surface area contributed by atoms with Gasteiger partial charge in [0.2, 0.25) is 17.8 Å². The van der Waals surface area contributed by atoms with Gasteiger partial charge < -0.3 is 10.2 Å². The predicted octanol–water partition coefficient (Wildman–Crippen LogP) is 3.56. The van der Waals surface area contributed by atoms with Crippen molar-refractivity contribution in [3.8, 4) is 0 Å². The summed E-state index contributed by atoms with van der Waals surface area (Å²) in [7, 11) is -4.15. The van der Waals surface area contributed by atoms with Crippen LogP contribution in [0, 0.1) is 0 Å². The van der Waals surface area contributed by atoms with Gasteiger partial charge in [-0.15, -0.1) is 0 Å². The molecule has 1 aromatic heterocycles. The number of fused-ring (bicyclic) bond motifs is 1. The van der Waals surface area contributed by atoms with Gasteiger partial charge in [0, 0.05) is 54.0 Å². The average Bonchev–Trinajstić information content (AvgIpc) is 3.46. The number of anilines is 2. The minimum absolute atomic E-state index is 0.0413. The highest BCUT2D eigenvalue weighted by atomic mass is 79.9. The molecule has 5 rings (SSSR count). The number of hydrogen-bond acceptors (Lipinski definition) is 6. The molecule has 1 fully saturated rings. The SMILES string of the molecule is CC(=O)NCC(=O)N1CCN(S(=O)(=O)c2cnc3n2C(C)(Cc2ccc(Br)cc2)C(=O)N3c2cc(Cl)cc(Cl)c2)CC1.